The molecule has 134 valence electrons. The Balaban J connectivity index is 1.58. The normalized spacial score (nSPS) is 21.7. The molecule has 2 aliphatic heterocycles. The summed E-state index contributed by atoms with van der Waals surface area (Å²) in [5.74, 6) is -0.273. The lowest BCUT2D eigenvalue weighted by Crippen LogP contribution is -2.53. The number of carbonyl (C=O) groups is 3. The SMILES string of the molecule is CCOC(=O)N1CCN([C@@H]2CC(=O)N(Cc3ccccc3)C2=O)CC1. The highest BCUT2D eigenvalue weighted by Gasteiger charge is 2.42. The van der Waals surface area contributed by atoms with Gasteiger partial charge in [0.2, 0.25) is 11.8 Å². The third-order valence-corrected chi connectivity index (χ3v) is 4.68. The summed E-state index contributed by atoms with van der Waals surface area (Å²) in [5, 5.41) is 0. The van der Waals surface area contributed by atoms with Crippen LogP contribution in [0.15, 0.2) is 30.3 Å². The largest absolute Gasteiger partial charge is 0.450 e. The molecular weight excluding hydrogens is 322 g/mol. The molecule has 7 nitrogen and oxygen atoms in total. The Kier molecular flexibility index (Phi) is 5.33. The number of likely N-dealkylation sites (tertiary alicyclic amines) is 1. The average Bonchev–Trinajstić information content (AvgIpc) is 2.91. The van der Waals surface area contributed by atoms with E-state index >= 15 is 0 Å². The van der Waals surface area contributed by atoms with E-state index in [1.807, 2.05) is 35.2 Å². The van der Waals surface area contributed by atoms with Crippen molar-refractivity contribution in [3.63, 3.8) is 0 Å². The molecular formula is C18H23N3O4. The van der Waals surface area contributed by atoms with Crippen LogP contribution in [0.2, 0.25) is 0 Å². The average molecular weight is 345 g/mol. The third-order valence-electron chi connectivity index (χ3n) is 4.68. The molecule has 0 radical (unpaired) electrons. The van der Waals surface area contributed by atoms with E-state index in [0.29, 0.717) is 39.3 Å². The Bertz CT molecular complexity index is 641. The van der Waals surface area contributed by atoms with Gasteiger partial charge in [-0.1, -0.05) is 30.3 Å². The second kappa shape index (κ2) is 7.65. The fourth-order valence-corrected chi connectivity index (χ4v) is 3.31. The van der Waals surface area contributed by atoms with E-state index in [4.69, 9.17) is 4.74 Å². The fraction of sp³-hybridized carbons (Fsp3) is 0.500. The predicted octanol–water partition coefficient (Wildman–Crippen LogP) is 1.09. The van der Waals surface area contributed by atoms with Crippen LogP contribution in [0.5, 0.6) is 0 Å². The summed E-state index contributed by atoms with van der Waals surface area (Å²) in [6.45, 7) is 4.60. The minimum absolute atomic E-state index is 0.133. The number of amides is 3. The molecule has 1 aromatic carbocycles. The zero-order valence-electron chi connectivity index (χ0n) is 14.4. The van der Waals surface area contributed by atoms with E-state index in [2.05, 4.69) is 0 Å². The first-order valence-electron chi connectivity index (χ1n) is 8.64. The lowest BCUT2D eigenvalue weighted by Gasteiger charge is -2.36. The van der Waals surface area contributed by atoms with Crippen LogP contribution in [-0.2, 0) is 20.9 Å². The van der Waals surface area contributed by atoms with Gasteiger partial charge in [-0.15, -0.1) is 0 Å². The van der Waals surface area contributed by atoms with Crippen molar-refractivity contribution in [2.24, 2.45) is 0 Å². The van der Waals surface area contributed by atoms with Gasteiger partial charge in [-0.2, -0.15) is 0 Å². The molecule has 7 heteroatoms. The van der Waals surface area contributed by atoms with Crippen molar-refractivity contribution in [1.29, 1.82) is 0 Å². The number of rotatable bonds is 4. The number of hydrogen-bond donors (Lipinski definition) is 0. The standard InChI is InChI=1S/C18H23N3O4/c1-2-25-18(24)20-10-8-19(9-11-20)15-12-16(22)21(17(15)23)13-14-6-4-3-5-7-14/h3-7,15H,2,8-13H2,1H3/t15-/m1/s1. The van der Waals surface area contributed by atoms with Crippen LogP contribution in [0.4, 0.5) is 4.79 Å². The molecule has 2 fully saturated rings. The van der Waals surface area contributed by atoms with E-state index in [9.17, 15) is 14.4 Å². The molecule has 3 rings (SSSR count). The first kappa shape index (κ1) is 17.4. The molecule has 2 aliphatic rings. The van der Waals surface area contributed by atoms with Crippen LogP contribution in [0.25, 0.3) is 0 Å². The summed E-state index contributed by atoms with van der Waals surface area (Å²) in [4.78, 5) is 41.7. The maximum Gasteiger partial charge on any atom is 0.409 e. The van der Waals surface area contributed by atoms with Crippen molar-refractivity contribution in [3.05, 3.63) is 35.9 Å². The van der Waals surface area contributed by atoms with Crippen LogP contribution in [0.3, 0.4) is 0 Å². The fourth-order valence-electron chi connectivity index (χ4n) is 3.31. The van der Waals surface area contributed by atoms with Crippen molar-refractivity contribution in [1.82, 2.24) is 14.7 Å². The minimum atomic E-state index is -0.416. The molecule has 0 bridgehead atoms. The monoisotopic (exact) mass is 345 g/mol. The maximum absolute atomic E-state index is 12.7. The molecule has 1 atom stereocenters. The van der Waals surface area contributed by atoms with E-state index in [1.54, 1.807) is 11.8 Å². The Morgan fingerprint density at radius 1 is 1.12 bits per heavy atom. The summed E-state index contributed by atoms with van der Waals surface area (Å²) >= 11 is 0. The molecule has 0 N–H and O–H groups in total. The molecule has 25 heavy (non-hydrogen) atoms. The molecule has 0 spiro atoms. The van der Waals surface area contributed by atoms with Crippen LogP contribution in [-0.4, -0.2) is 71.4 Å². The highest BCUT2D eigenvalue weighted by Crippen LogP contribution is 2.22. The Morgan fingerprint density at radius 3 is 2.44 bits per heavy atom. The van der Waals surface area contributed by atoms with Crippen LogP contribution in [0, 0.1) is 0 Å². The van der Waals surface area contributed by atoms with Crippen LogP contribution in [0.1, 0.15) is 18.9 Å². The summed E-state index contributed by atoms with van der Waals surface area (Å²) in [6.07, 6.45) is -0.105. The van der Waals surface area contributed by atoms with Gasteiger partial charge in [-0.25, -0.2) is 4.79 Å². The van der Waals surface area contributed by atoms with E-state index < -0.39 is 6.04 Å². The lowest BCUT2D eigenvalue weighted by atomic mass is 10.2. The van der Waals surface area contributed by atoms with E-state index in [0.717, 1.165) is 5.56 Å². The number of ether oxygens (including phenoxy) is 1. The Labute approximate surface area is 147 Å². The highest BCUT2D eigenvalue weighted by molar-refractivity contribution is 6.05. The molecule has 3 amide bonds. The molecule has 0 aliphatic carbocycles. The first-order chi connectivity index (χ1) is 12.1. The van der Waals surface area contributed by atoms with Crippen molar-refractivity contribution in [3.8, 4) is 0 Å². The number of piperazine rings is 1. The Morgan fingerprint density at radius 2 is 1.80 bits per heavy atom. The smallest absolute Gasteiger partial charge is 0.409 e. The zero-order valence-corrected chi connectivity index (χ0v) is 14.4. The molecule has 1 aromatic rings. The topological polar surface area (TPSA) is 70.2 Å². The van der Waals surface area contributed by atoms with Gasteiger partial charge >= 0.3 is 6.09 Å². The van der Waals surface area contributed by atoms with Gasteiger partial charge in [-0.05, 0) is 12.5 Å². The Hall–Kier alpha value is -2.41. The number of benzene rings is 1. The predicted molar refractivity (Wildman–Crippen MR) is 90.6 cm³/mol. The molecule has 2 saturated heterocycles. The number of nitrogens with zero attached hydrogens (tertiary/aromatic N) is 3. The van der Waals surface area contributed by atoms with Gasteiger partial charge in [0.25, 0.3) is 0 Å². The molecule has 0 unspecified atom stereocenters. The number of imide groups is 1. The summed E-state index contributed by atoms with van der Waals surface area (Å²) in [6, 6.07) is 9.10. The van der Waals surface area contributed by atoms with Gasteiger partial charge in [0.05, 0.1) is 25.6 Å². The molecule has 0 saturated carbocycles. The highest BCUT2D eigenvalue weighted by atomic mass is 16.6. The second-order valence-electron chi connectivity index (χ2n) is 6.25. The van der Waals surface area contributed by atoms with Gasteiger partial charge in [0, 0.05) is 26.2 Å². The number of hydrogen-bond acceptors (Lipinski definition) is 5. The maximum atomic E-state index is 12.7. The van der Waals surface area contributed by atoms with E-state index in [-0.39, 0.29) is 24.3 Å². The first-order valence-corrected chi connectivity index (χ1v) is 8.64. The quantitative estimate of drug-likeness (QED) is 0.764. The summed E-state index contributed by atoms with van der Waals surface area (Å²) < 4.78 is 5.00. The molecule has 2 heterocycles. The van der Waals surface area contributed by atoms with Crippen molar-refractivity contribution < 1.29 is 19.1 Å². The van der Waals surface area contributed by atoms with Crippen molar-refractivity contribution in [2.45, 2.75) is 25.9 Å². The summed E-state index contributed by atoms with van der Waals surface area (Å²) in [5.41, 5.74) is 0.942. The lowest BCUT2D eigenvalue weighted by molar-refractivity contribution is -0.140. The van der Waals surface area contributed by atoms with E-state index in [1.165, 1.54) is 4.90 Å². The van der Waals surface area contributed by atoms with Crippen LogP contribution < -0.4 is 0 Å². The van der Waals surface area contributed by atoms with Gasteiger partial charge < -0.3 is 9.64 Å². The van der Waals surface area contributed by atoms with Crippen molar-refractivity contribution in [2.75, 3.05) is 32.8 Å². The van der Waals surface area contributed by atoms with Crippen molar-refractivity contribution >= 4 is 17.9 Å². The van der Waals surface area contributed by atoms with Gasteiger partial charge in [-0.3, -0.25) is 19.4 Å². The number of carbonyl (C=O) groups excluding carboxylic acids is 3. The third kappa shape index (κ3) is 3.82. The minimum Gasteiger partial charge on any atom is -0.450 e. The van der Waals surface area contributed by atoms with Gasteiger partial charge in [0.1, 0.15) is 0 Å². The van der Waals surface area contributed by atoms with Gasteiger partial charge in [0.15, 0.2) is 0 Å². The second-order valence-corrected chi connectivity index (χ2v) is 6.25. The van der Waals surface area contributed by atoms with Crippen LogP contribution >= 0.6 is 0 Å². The molecule has 0 aromatic heterocycles. The summed E-state index contributed by atoms with van der Waals surface area (Å²) in [7, 11) is 0. The zero-order chi connectivity index (χ0) is 17.8.